The van der Waals surface area contributed by atoms with Crippen molar-refractivity contribution in [3.8, 4) is 5.75 Å². The molecule has 2 nitrogen and oxygen atoms in total. The molecule has 0 amide bonds. The third kappa shape index (κ3) is 3.26. The molecule has 1 unspecified atom stereocenters. The van der Waals surface area contributed by atoms with Crippen molar-refractivity contribution in [3.63, 3.8) is 0 Å². The van der Waals surface area contributed by atoms with Gasteiger partial charge in [0.05, 0.1) is 6.61 Å². The molecule has 1 aromatic carbocycles. The fraction of sp³-hybridized carbons (Fsp3) is 0.625. The molecule has 0 radical (unpaired) electrons. The minimum Gasteiger partial charge on any atom is -0.494 e. The van der Waals surface area contributed by atoms with E-state index in [1.807, 2.05) is 0 Å². The van der Waals surface area contributed by atoms with Gasteiger partial charge < -0.3 is 10.1 Å². The van der Waals surface area contributed by atoms with Gasteiger partial charge in [0.15, 0.2) is 0 Å². The summed E-state index contributed by atoms with van der Waals surface area (Å²) in [4.78, 5) is 0. The zero-order valence-corrected chi connectivity index (χ0v) is 11.7. The zero-order valence-electron chi connectivity index (χ0n) is 11.7. The standard InChI is InChI=1S/C16H25NO/c1-3-5-11-18-14-7-8-15-13(12-14)6-9-16(15)17-10-4-2/h7-8,12,16-17H,3-6,9-11H2,1-2H3. The molecule has 0 aromatic heterocycles. The fourth-order valence-electron chi connectivity index (χ4n) is 2.55. The van der Waals surface area contributed by atoms with Crippen LogP contribution in [0.3, 0.4) is 0 Å². The Morgan fingerprint density at radius 2 is 2.17 bits per heavy atom. The molecular formula is C16H25NO. The van der Waals surface area contributed by atoms with Crippen LogP contribution in [0.4, 0.5) is 0 Å². The molecule has 0 bridgehead atoms. The van der Waals surface area contributed by atoms with Gasteiger partial charge in [-0.2, -0.15) is 0 Å². The van der Waals surface area contributed by atoms with Gasteiger partial charge in [0, 0.05) is 6.04 Å². The van der Waals surface area contributed by atoms with E-state index in [1.54, 1.807) is 0 Å². The SMILES string of the molecule is CCCCOc1ccc2c(c1)CCC2NCCC. The number of ether oxygens (including phenoxy) is 1. The Kier molecular flexibility index (Phi) is 5.06. The highest BCUT2D eigenvalue weighted by Gasteiger charge is 2.21. The van der Waals surface area contributed by atoms with E-state index in [-0.39, 0.29) is 0 Å². The van der Waals surface area contributed by atoms with Crippen molar-refractivity contribution in [2.75, 3.05) is 13.2 Å². The molecule has 1 N–H and O–H groups in total. The quantitative estimate of drug-likeness (QED) is 0.739. The Labute approximate surface area is 111 Å². The first-order valence-electron chi connectivity index (χ1n) is 7.34. The van der Waals surface area contributed by atoms with E-state index in [1.165, 1.54) is 36.8 Å². The molecule has 2 rings (SSSR count). The van der Waals surface area contributed by atoms with Crippen LogP contribution in [0.2, 0.25) is 0 Å². The Hall–Kier alpha value is -1.02. The van der Waals surface area contributed by atoms with Crippen LogP contribution in [0.25, 0.3) is 0 Å². The lowest BCUT2D eigenvalue weighted by Crippen LogP contribution is -2.19. The smallest absolute Gasteiger partial charge is 0.119 e. The van der Waals surface area contributed by atoms with Gasteiger partial charge in [-0.3, -0.25) is 0 Å². The summed E-state index contributed by atoms with van der Waals surface area (Å²) in [6.07, 6.45) is 5.94. The minimum absolute atomic E-state index is 0.560. The molecule has 100 valence electrons. The van der Waals surface area contributed by atoms with E-state index in [0.717, 1.165) is 25.3 Å². The molecule has 1 aromatic rings. The predicted molar refractivity (Wildman–Crippen MR) is 76.2 cm³/mol. The van der Waals surface area contributed by atoms with Crippen molar-refractivity contribution < 1.29 is 4.74 Å². The van der Waals surface area contributed by atoms with Gasteiger partial charge in [-0.25, -0.2) is 0 Å². The highest BCUT2D eigenvalue weighted by Crippen LogP contribution is 2.33. The summed E-state index contributed by atoms with van der Waals surface area (Å²) >= 11 is 0. The van der Waals surface area contributed by atoms with E-state index >= 15 is 0 Å². The van der Waals surface area contributed by atoms with Crippen molar-refractivity contribution in [2.45, 2.75) is 52.0 Å². The maximum absolute atomic E-state index is 5.77. The van der Waals surface area contributed by atoms with Crippen LogP contribution >= 0.6 is 0 Å². The first-order valence-corrected chi connectivity index (χ1v) is 7.34. The highest BCUT2D eigenvalue weighted by atomic mass is 16.5. The summed E-state index contributed by atoms with van der Waals surface area (Å²) in [5, 5.41) is 3.62. The largest absolute Gasteiger partial charge is 0.494 e. The van der Waals surface area contributed by atoms with Gasteiger partial charge in [-0.05, 0) is 55.5 Å². The van der Waals surface area contributed by atoms with E-state index in [4.69, 9.17) is 4.74 Å². The lowest BCUT2D eigenvalue weighted by atomic mass is 10.1. The number of rotatable bonds is 7. The third-order valence-corrected chi connectivity index (χ3v) is 3.60. The zero-order chi connectivity index (χ0) is 12.8. The number of benzene rings is 1. The maximum atomic E-state index is 5.77. The second-order valence-corrected chi connectivity index (χ2v) is 5.11. The Bertz CT molecular complexity index is 375. The fourth-order valence-corrected chi connectivity index (χ4v) is 2.55. The number of hydrogen-bond donors (Lipinski definition) is 1. The van der Waals surface area contributed by atoms with Crippen molar-refractivity contribution in [1.29, 1.82) is 0 Å². The van der Waals surface area contributed by atoms with Gasteiger partial charge in [-0.15, -0.1) is 0 Å². The average Bonchev–Trinajstić information content (AvgIpc) is 2.79. The normalized spacial score (nSPS) is 17.8. The Balaban J connectivity index is 1.96. The summed E-state index contributed by atoms with van der Waals surface area (Å²) in [7, 11) is 0. The molecule has 0 fully saturated rings. The average molecular weight is 247 g/mol. The maximum Gasteiger partial charge on any atom is 0.119 e. The molecule has 1 aliphatic rings. The number of fused-ring (bicyclic) bond motifs is 1. The van der Waals surface area contributed by atoms with Crippen LogP contribution in [0, 0.1) is 0 Å². The highest BCUT2D eigenvalue weighted by molar-refractivity contribution is 5.40. The molecular weight excluding hydrogens is 222 g/mol. The molecule has 1 aliphatic carbocycles. The van der Waals surface area contributed by atoms with Gasteiger partial charge >= 0.3 is 0 Å². The van der Waals surface area contributed by atoms with E-state index in [9.17, 15) is 0 Å². The first-order chi connectivity index (χ1) is 8.85. The summed E-state index contributed by atoms with van der Waals surface area (Å²) in [6.45, 7) is 6.36. The van der Waals surface area contributed by atoms with Crippen LogP contribution in [-0.4, -0.2) is 13.2 Å². The van der Waals surface area contributed by atoms with E-state index < -0.39 is 0 Å². The first kappa shape index (κ1) is 13.4. The summed E-state index contributed by atoms with van der Waals surface area (Å²) in [6, 6.07) is 7.17. The van der Waals surface area contributed by atoms with Crippen LogP contribution in [0.1, 0.15) is 56.7 Å². The van der Waals surface area contributed by atoms with Crippen LogP contribution in [0.5, 0.6) is 5.75 Å². The van der Waals surface area contributed by atoms with Crippen LogP contribution in [0.15, 0.2) is 18.2 Å². The predicted octanol–water partition coefficient (Wildman–Crippen LogP) is 3.85. The second-order valence-electron chi connectivity index (χ2n) is 5.11. The lowest BCUT2D eigenvalue weighted by Gasteiger charge is -2.14. The van der Waals surface area contributed by atoms with Gasteiger partial charge in [0.2, 0.25) is 0 Å². The van der Waals surface area contributed by atoms with Crippen molar-refractivity contribution in [2.24, 2.45) is 0 Å². The van der Waals surface area contributed by atoms with Gasteiger partial charge in [0.1, 0.15) is 5.75 Å². The Morgan fingerprint density at radius 1 is 1.28 bits per heavy atom. The molecule has 0 spiro atoms. The number of aryl methyl sites for hydroxylation is 1. The third-order valence-electron chi connectivity index (χ3n) is 3.60. The lowest BCUT2D eigenvalue weighted by molar-refractivity contribution is 0.309. The van der Waals surface area contributed by atoms with Crippen molar-refractivity contribution in [3.05, 3.63) is 29.3 Å². The van der Waals surface area contributed by atoms with Crippen molar-refractivity contribution >= 4 is 0 Å². The molecule has 0 heterocycles. The van der Waals surface area contributed by atoms with Crippen molar-refractivity contribution in [1.82, 2.24) is 5.32 Å². The van der Waals surface area contributed by atoms with Gasteiger partial charge in [0.25, 0.3) is 0 Å². The Morgan fingerprint density at radius 3 is 2.94 bits per heavy atom. The number of hydrogen-bond acceptors (Lipinski definition) is 2. The molecule has 0 saturated carbocycles. The molecule has 0 aliphatic heterocycles. The van der Waals surface area contributed by atoms with Crippen LogP contribution < -0.4 is 10.1 Å². The van der Waals surface area contributed by atoms with E-state index in [0.29, 0.717) is 6.04 Å². The van der Waals surface area contributed by atoms with E-state index in [2.05, 4.69) is 37.4 Å². The molecule has 1 atom stereocenters. The van der Waals surface area contributed by atoms with Gasteiger partial charge in [-0.1, -0.05) is 26.3 Å². The summed E-state index contributed by atoms with van der Waals surface area (Å²) < 4.78 is 5.77. The molecule has 18 heavy (non-hydrogen) atoms. The number of nitrogens with one attached hydrogen (secondary N) is 1. The minimum atomic E-state index is 0.560. The second kappa shape index (κ2) is 6.79. The molecule has 2 heteroatoms. The van der Waals surface area contributed by atoms with Crippen LogP contribution in [-0.2, 0) is 6.42 Å². The summed E-state index contributed by atoms with van der Waals surface area (Å²) in [5.41, 5.74) is 2.95. The molecule has 0 saturated heterocycles. The number of unbranched alkanes of at least 4 members (excludes halogenated alkanes) is 1. The summed E-state index contributed by atoms with van der Waals surface area (Å²) in [5.74, 6) is 1.04. The topological polar surface area (TPSA) is 21.3 Å². The monoisotopic (exact) mass is 247 g/mol.